The number of primary amides is 1. The molecule has 21 heavy (non-hydrogen) atoms. The Bertz CT molecular complexity index is 422. The van der Waals surface area contributed by atoms with Crippen LogP contribution >= 0.6 is 0 Å². The van der Waals surface area contributed by atoms with Crippen LogP contribution < -0.4 is 11.1 Å². The number of nitrogens with zero attached hydrogens (tertiary/aromatic N) is 1. The van der Waals surface area contributed by atoms with Gasteiger partial charge >= 0.3 is 0 Å². The molecule has 4 rings (SSSR count). The van der Waals surface area contributed by atoms with Crippen LogP contribution in [0.15, 0.2) is 0 Å². The van der Waals surface area contributed by atoms with Crippen LogP contribution in [0, 0.1) is 11.8 Å². The Labute approximate surface area is 127 Å². The Morgan fingerprint density at radius 2 is 2.10 bits per heavy atom. The fourth-order valence-corrected chi connectivity index (χ4v) is 5.27. The highest BCUT2D eigenvalue weighted by Crippen LogP contribution is 2.42. The minimum Gasteiger partial charge on any atom is -0.368 e. The predicted octanol–water partition coefficient (Wildman–Crippen LogP) is 1.64. The van der Waals surface area contributed by atoms with Gasteiger partial charge in [-0.05, 0) is 69.7 Å². The third-order valence-electron chi connectivity index (χ3n) is 6.59. The van der Waals surface area contributed by atoms with Crippen LogP contribution in [0.3, 0.4) is 0 Å². The quantitative estimate of drug-likeness (QED) is 0.782. The van der Waals surface area contributed by atoms with Crippen molar-refractivity contribution in [2.45, 2.75) is 75.4 Å². The first kappa shape index (κ1) is 14.0. The number of carbonyl (C=O) groups is 1. The van der Waals surface area contributed by atoms with Gasteiger partial charge in [0, 0.05) is 18.6 Å². The molecule has 1 amide bonds. The molecule has 0 spiro atoms. The van der Waals surface area contributed by atoms with E-state index in [1.807, 2.05) is 0 Å². The summed E-state index contributed by atoms with van der Waals surface area (Å²) in [5.74, 6) is 1.32. The van der Waals surface area contributed by atoms with Gasteiger partial charge in [0.25, 0.3) is 0 Å². The Balaban J connectivity index is 1.39. The summed E-state index contributed by atoms with van der Waals surface area (Å²) in [4.78, 5) is 14.9. The smallest absolute Gasteiger partial charge is 0.238 e. The predicted molar refractivity (Wildman–Crippen MR) is 82.7 cm³/mol. The van der Waals surface area contributed by atoms with Crippen molar-refractivity contribution in [1.82, 2.24) is 10.2 Å². The Kier molecular flexibility index (Phi) is 3.49. The highest BCUT2D eigenvalue weighted by molar-refractivity contribution is 5.85. The van der Waals surface area contributed by atoms with Crippen LogP contribution in [-0.4, -0.2) is 41.5 Å². The number of fused-ring (bicyclic) bond motifs is 2. The van der Waals surface area contributed by atoms with Crippen LogP contribution in [0.5, 0.6) is 0 Å². The molecule has 4 heteroatoms. The SMILES string of the molecule is NC(=O)C1(NC2CC2)CCCC1CCN1CC2CCC1C2. The number of nitrogens with one attached hydrogen (secondary N) is 1. The van der Waals surface area contributed by atoms with Crippen molar-refractivity contribution >= 4 is 5.91 Å². The van der Waals surface area contributed by atoms with E-state index in [0.29, 0.717) is 12.0 Å². The zero-order valence-corrected chi connectivity index (χ0v) is 13.0. The molecule has 1 aliphatic heterocycles. The molecular formula is C17H29N3O. The van der Waals surface area contributed by atoms with E-state index in [0.717, 1.165) is 31.2 Å². The Morgan fingerprint density at radius 3 is 2.71 bits per heavy atom. The third-order valence-corrected chi connectivity index (χ3v) is 6.59. The highest BCUT2D eigenvalue weighted by Gasteiger charge is 2.50. The fraction of sp³-hybridized carbons (Fsp3) is 0.941. The highest BCUT2D eigenvalue weighted by atomic mass is 16.1. The molecule has 0 radical (unpaired) electrons. The Hall–Kier alpha value is -0.610. The van der Waals surface area contributed by atoms with E-state index in [2.05, 4.69) is 10.2 Å². The number of amides is 1. The number of hydrogen-bond donors (Lipinski definition) is 2. The average Bonchev–Trinajstić information content (AvgIpc) is 2.89. The van der Waals surface area contributed by atoms with E-state index in [4.69, 9.17) is 5.73 Å². The van der Waals surface area contributed by atoms with E-state index in [1.165, 1.54) is 51.6 Å². The zero-order chi connectivity index (χ0) is 14.4. The van der Waals surface area contributed by atoms with Gasteiger partial charge in [-0.3, -0.25) is 4.79 Å². The van der Waals surface area contributed by atoms with E-state index >= 15 is 0 Å². The second-order valence-corrected chi connectivity index (χ2v) is 7.96. The lowest BCUT2D eigenvalue weighted by Crippen LogP contribution is -2.59. The van der Waals surface area contributed by atoms with Crippen LogP contribution in [-0.2, 0) is 4.79 Å². The number of likely N-dealkylation sites (tertiary alicyclic amines) is 1. The van der Waals surface area contributed by atoms with Gasteiger partial charge in [-0.15, -0.1) is 0 Å². The molecule has 118 valence electrons. The van der Waals surface area contributed by atoms with Crippen molar-refractivity contribution in [3.8, 4) is 0 Å². The summed E-state index contributed by atoms with van der Waals surface area (Å²) >= 11 is 0. The fourth-order valence-electron chi connectivity index (χ4n) is 5.27. The topological polar surface area (TPSA) is 58.4 Å². The third kappa shape index (κ3) is 2.50. The van der Waals surface area contributed by atoms with Gasteiger partial charge in [0.2, 0.25) is 5.91 Å². The molecule has 4 nitrogen and oxygen atoms in total. The molecule has 1 saturated heterocycles. The standard InChI is InChI=1S/C17H29N3O/c18-16(21)17(19-14-4-5-14)8-1-2-13(17)7-9-20-11-12-3-6-15(20)10-12/h12-15,19H,1-11H2,(H2,18,21). The number of rotatable bonds is 6. The second kappa shape index (κ2) is 5.24. The molecule has 0 aromatic carbocycles. The first-order chi connectivity index (χ1) is 10.2. The van der Waals surface area contributed by atoms with Crippen LogP contribution in [0.2, 0.25) is 0 Å². The molecule has 3 saturated carbocycles. The normalized spacial score (nSPS) is 42.8. The molecule has 3 N–H and O–H groups in total. The molecule has 2 bridgehead atoms. The monoisotopic (exact) mass is 291 g/mol. The molecule has 4 aliphatic rings. The van der Waals surface area contributed by atoms with Crippen molar-refractivity contribution in [1.29, 1.82) is 0 Å². The number of piperidine rings is 1. The number of carbonyl (C=O) groups excluding carboxylic acids is 1. The number of nitrogens with two attached hydrogens (primary N) is 1. The summed E-state index contributed by atoms with van der Waals surface area (Å²) in [7, 11) is 0. The summed E-state index contributed by atoms with van der Waals surface area (Å²) < 4.78 is 0. The molecular weight excluding hydrogens is 262 g/mol. The lowest BCUT2D eigenvalue weighted by Gasteiger charge is -2.36. The van der Waals surface area contributed by atoms with Gasteiger partial charge < -0.3 is 16.0 Å². The van der Waals surface area contributed by atoms with Crippen LogP contribution in [0.25, 0.3) is 0 Å². The first-order valence-corrected chi connectivity index (χ1v) is 8.99. The van der Waals surface area contributed by atoms with E-state index in [-0.39, 0.29) is 11.4 Å². The van der Waals surface area contributed by atoms with Crippen molar-refractivity contribution in [2.75, 3.05) is 13.1 Å². The zero-order valence-electron chi connectivity index (χ0n) is 13.0. The summed E-state index contributed by atoms with van der Waals surface area (Å²) in [6.45, 7) is 2.48. The molecule has 4 fully saturated rings. The summed E-state index contributed by atoms with van der Waals surface area (Å²) in [6.07, 6.45) is 11.1. The van der Waals surface area contributed by atoms with Crippen LogP contribution in [0.1, 0.15) is 57.8 Å². The molecule has 3 aliphatic carbocycles. The van der Waals surface area contributed by atoms with Gasteiger partial charge in [-0.1, -0.05) is 6.42 Å². The lowest BCUT2D eigenvalue weighted by atomic mass is 9.83. The molecule has 4 unspecified atom stereocenters. The summed E-state index contributed by atoms with van der Waals surface area (Å²) in [6, 6.07) is 1.40. The minimum absolute atomic E-state index is 0.0974. The number of hydrogen-bond acceptors (Lipinski definition) is 3. The molecule has 4 atom stereocenters. The summed E-state index contributed by atoms with van der Waals surface area (Å²) in [5.41, 5.74) is 5.44. The lowest BCUT2D eigenvalue weighted by molar-refractivity contribution is -0.126. The Morgan fingerprint density at radius 1 is 1.24 bits per heavy atom. The van der Waals surface area contributed by atoms with Crippen LogP contribution in [0.4, 0.5) is 0 Å². The van der Waals surface area contributed by atoms with Crippen molar-refractivity contribution < 1.29 is 4.79 Å². The second-order valence-electron chi connectivity index (χ2n) is 7.96. The van der Waals surface area contributed by atoms with Crippen molar-refractivity contribution in [3.05, 3.63) is 0 Å². The maximum Gasteiger partial charge on any atom is 0.238 e. The van der Waals surface area contributed by atoms with Gasteiger partial charge in [0.05, 0.1) is 0 Å². The average molecular weight is 291 g/mol. The molecule has 0 aromatic rings. The van der Waals surface area contributed by atoms with Gasteiger partial charge in [0.1, 0.15) is 5.54 Å². The molecule has 1 heterocycles. The maximum atomic E-state index is 12.2. The van der Waals surface area contributed by atoms with E-state index < -0.39 is 0 Å². The maximum absolute atomic E-state index is 12.2. The van der Waals surface area contributed by atoms with E-state index in [1.54, 1.807) is 0 Å². The largest absolute Gasteiger partial charge is 0.368 e. The molecule has 0 aromatic heterocycles. The van der Waals surface area contributed by atoms with E-state index in [9.17, 15) is 4.79 Å². The summed E-state index contributed by atoms with van der Waals surface area (Å²) in [5, 5.41) is 3.63. The van der Waals surface area contributed by atoms with Gasteiger partial charge in [0.15, 0.2) is 0 Å². The van der Waals surface area contributed by atoms with Gasteiger partial charge in [-0.2, -0.15) is 0 Å². The van der Waals surface area contributed by atoms with Crippen molar-refractivity contribution in [2.24, 2.45) is 17.6 Å². The minimum atomic E-state index is -0.389. The van der Waals surface area contributed by atoms with Gasteiger partial charge in [-0.25, -0.2) is 0 Å². The van der Waals surface area contributed by atoms with Crippen molar-refractivity contribution in [3.63, 3.8) is 0 Å². The first-order valence-electron chi connectivity index (χ1n) is 8.99.